The van der Waals surface area contributed by atoms with Crippen LogP contribution in [-0.2, 0) is 11.5 Å². The molecule has 0 unspecified atom stereocenters. The minimum atomic E-state index is -1.01. The van der Waals surface area contributed by atoms with Crippen LogP contribution in [0.3, 0.4) is 0 Å². The molecule has 0 amide bonds. The van der Waals surface area contributed by atoms with E-state index in [2.05, 4.69) is 53.7 Å². The first-order valence-electron chi connectivity index (χ1n) is 6.57. The van der Waals surface area contributed by atoms with Gasteiger partial charge in [0.1, 0.15) is 6.73 Å². The maximum atomic E-state index is 5.72. The third kappa shape index (κ3) is 3.90. The lowest BCUT2D eigenvalue weighted by Gasteiger charge is -2.15. The minimum absolute atomic E-state index is 0.532. The van der Waals surface area contributed by atoms with Crippen LogP contribution in [0.1, 0.15) is 5.56 Å². The molecule has 2 rings (SSSR count). The van der Waals surface area contributed by atoms with Crippen molar-refractivity contribution in [1.82, 2.24) is 9.78 Å². The van der Waals surface area contributed by atoms with E-state index in [1.165, 1.54) is 11.6 Å². The zero-order valence-corrected chi connectivity index (χ0v) is 14.6. The van der Waals surface area contributed by atoms with Crippen LogP contribution in [0.2, 0.25) is 25.7 Å². The molecule has 1 aromatic carbocycles. The predicted molar refractivity (Wildman–Crippen MR) is 86.3 cm³/mol. The van der Waals surface area contributed by atoms with Crippen LogP contribution in [0.5, 0.6) is 0 Å². The largest absolute Gasteiger partial charge is 0.360 e. The fraction of sp³-hybridized carbons (Fsp3) is 0.500. The Kier molecular flexibility index (Phi) is 4.48. The molecular formula is C14H21BrN2OSi. The SMILES string of the molecule is Cc1ccc2nn(COCC[Si](C)(C)C)cc2c1Br. The first kappa shape index (κ1) is 14.7. The third-order valence-electron chi connectivity index (χ3n) is 3.08. The Morgan fingerprint density at radius 1 is 1.32 bits per heavy atom. The van der Waals surface area contributed by atoms with Gasteiger partial charge in [-0.1, -0.05) is 25.7 Å². The van der Waals surface area contributed by atoms with Gasteiger partial charge in [0.15, 0.2) is 0 Å². The molecule has 0 atom stereocenters. The van der Waals surface area contributed by atoms with Gasteiger partial charge in [-0.15, -0.1) is 0 Å². The van der Waals surface area contributed by atoms with Gasteiger partial charge in [0.05, 0.1) is 5.52 Å². The van der Waals surface area contributed by atoms with Gasteiger partial charge < -0.3 is 4.74 Å². The lowest BCUT2D eigenvalue weighted by atomic mass is 10.2. The highest BCUT2D eigenvalue weighted by Crippen LogP contribution is 2.26. The highest BCUT2D eigenvalue weighted by molar-refractivity contribution is 9.10. The van der Waals surface area contributed by atoms with Gasteiger partial charge in [-0.2, -0.15) is 5.10 Å². The maximum Gasteiger partial charge on any atom is 0.139 e. The first-order chi connectivity index (χ1) is 8.87. The molecule has 1 heterocycles. The third-order valence-corrected chi connectivity index (χ3v) is 5.84. The summed E-state index contributed by atoms with van der Waals surface area (Å²) >= 11 is 3.61. The van der Waals surface area contributed by atoms with Crippen molar-refractivity contribution in [1.29, 1.82) is 0 Å². The molecule has 0 saturated carbocycles. The van der Waals surface area contributed by atoms with Crippen molar-refractivity contribution in [2.75, 3.05) is 6.61 Å². The minimum Gasteiger partial charge on any atom is -0.360 e. The molecule has 0 spiro atoms. The van der Waals surface area contributed by atoms with E-state index in [0.29, 0.717) is 6.73 Å². The zero-order chi connectivity index (χ0) is 14.0. The second-order valence-corrected chi connectivity index (χ2v) is 12.6. The molecule has 0 aliphatic rings. The lowest BCUT2D eigenvalue weighted by molar-refractivity contribution is 0.0791. The summed E-state index contributed by atoms with van der Waals surface area (Å²) in [6, 6.07) is 5.32. The van der Waals surface area contributed by atoms with E-state index in [1.54, 1.807) is 0 Å². The summed E-state index contributed by atoms with van der Waals surface area (Å²) in [5, 5.41) is 5.67. The number of benzene rings is 1. The van der Waals surface area contributed by atoms with Crippen molar-refractivity contribution >= 4 is 34.9 Å². The van der Waals surface area contributed by atoms with Gasteiger partial charge in [0.25, 0.3) is 0 Å². The van der Waals surface area contributed by atoms with Gasteiger partial charge in [0.2, 0.25) is 0 Å². The molecule has 0 bridgehead atoms. The van der Waals surface area contributed by atoms with E-state index in [-0.39, 0.29) is 0 Å². The molecule has 0 N–H and O–H groups in total. The normalized spacial score (nSPS) is 12.3. The van der Waals surface area contributed by atoms with Crippen molar-refractivity contribution in [3.05, 3.63) is 28.4 Å². The number of hydrogen-bond donors (Lipinski definition) is 0. The molecule has 0 saturated heterocycles. The maximum absolute atomic E-state index is 5.72. The number of aromatic nitrogens is 2. The number of fused-ring (bicyclic) bond motifs is 1. The van der Waals surface area contributed by atoms with Crippen LogP contribution in [0.4, 0.5) is 0 Å². The molecule has 0 aliphatic heterocycles. The molecule has 2 aromatic rings. The number of nitrogens with zero attached hydrogens (tertiary/aromatic N) is 2. The van der Waals surface area contributed by atoms with E-state index in [4.69, 9.17) is 4.74 Å². The summed E-state index contributed by atoms with van der Waals surface area (Å²) in [5.41, 5.74) is 2.23. The molecule has 0 radical (unpaired) electrons. The van der Waals surface area contributed by atoms with Crippen LogP contribution in [0, 0.1) is 6.92 Å². The Hall–Kier alpha value is -0.653. The fourth-order valence-corrected chi connectivity index (χ4v) is 3.01. The molecule has 104 valence electrons. The second kappa shape index (κ2) is 5.77. The van der Waals surface area contributed by atoms with Crippen molar-refractivity contribution < 1.29 is 4.74 Å². The van der Waals surface area contributed by atoms with Crippen molar-refractivity contribution in [2.45, 2.75) is 39.3 Å². The molecule has 0 fully saturated rings. The van der Waals surface area contributed by atoms with Crippen molar-refractivity contribution in [3.8, 4) is 0 Å². The lowest BCUT2D eigenvalue weighted by Crippen LogP contribution is -2.22. The summed E-state index contributed by atoms with van der Waals surface area (Å²) in [6.07, 6.45) is 2.04. The molecule has 1 aromatic heterocycles. The average molecular weight is 341 g/mol. The summed E-state index contributed by atoms with van der Waals surface area (Å²) in [7, 11) is -1.01. The summed E-state index contributed by atoms with van der Waals surface area (Å²) in [6.45, 7) is 10.5. The van der Waals surface area contributed by atoms with Crippen LogP contribution >= 0.6 is 15.9 Å². The smallest absolute Gasteiger partial charge is 0.139 e. The Morgan fingerprint density at radius 3 is 2.74 bits per heavy atom. The van der Waals surface area contributed by atoms with Crippen molar-refractivity contribution in [2.24, 2.45) is 0 Å². The van der Waals surface area contributed by atoms with Gasteiger partial charge in [0, 0.05) is 30.7 Å². The number of ether oxygens (including phenoxy) is 1. The second-order valence-electron chi connectivity index (χ2n) is 6.15. The number of halogens is 1. The molecule has 0 aliphatic carbocycles. The topological polar surface area (TPSA) is 27.1 Å². The fourth-order valence-electron chi connectivity index (χ4n) is 1.82. The van der Waals surface area contributed by atoms with Crippen LogP contribution in [0.25, 0.3) is 10.9 Å². The van der Waals surface area contributed by atoms with Crippen molar-refractivity contribution in [3.63, 3.8) is 0 Å². The van der Waals surface area contributed by atoms with E-state index < -0.39 is 8.07 Å². The van der Waals surface area contributed by atoms with Crippen LogP contribution in [-0.4, -0.2) is 24.5 Å². The standard InChI is InChI=1S/C14H21BrN2OSi/c1-11-5-6-13-12(14(11)15)9-17(16-13)10-18-7-8-19(2,3)4/h5-6,9H,7-8,10H2,1-4H3. The van der Waals surface area contributed by atoms with Gasteiger partial charge in [-0.3, -0.25) is 0 Å². The molecular weight excluding hydrogens is 320 g/mol. The molecule has 19 heavy (non-hydrogen) atoms. The Bertz CT molecular complexity index is 575. The van der Waals surface area contributed by atoms with E-state index >= 15 is 0 Å². The quantitative estimate of drug-likeness (QED) is 0.595. The number of aryl methyl sites for hydroxylation is 1. The number of hydrogen-bond acceptors (Lipinski definition) is 2. The summed E-state index contributed by atoms with van der Waals surface area (Å²) < 4.78 is 8.71. The zero-order valence-electron chi connectivity index (χ0n) is 12.0. The first-order valence-corrected chi connectivity index (χ1v) is 11.1. The highest BCUT2D eigenvalue weighted by Gasteiger charge is 2.12. The van der Waals surface area contributed by atoms with E-state index in [0.717, 1.165) is 22.0 Å². The van der Waals surface area contributed by atoms with E-state index in [9.17, 15) is 0 Å². The average Bonchev–Trinajstić information content (AvgIpc) is 2.72. The molecule has 5 heteroatoms. The summed E-state index contributed by atoms with van der Waals surface area (Å²) in [5.74, 6) is 0. The van der Waals surface area contributed by atoms with Gasteiger partial charge in [-0.25, -0.2) is 4.68 Å². The highest BCUT2D eigenvalue weighted by atomic mass is 79.9. The Balaban J connectivity index is 2.00. The van der Waals surface area contributed by atoms with E-state index in [1.807, 2.05) is 16.9 Å². The Morgan fingerprint density at radius 2 is 2.05 bits per heavy atom. The predicted octanol–water partition coefficient (Wildman–Crippen LogP) is 4.42. The van der Waals surface area contributed by atoms with Gasteiger partial charge in [-0.05, 0) is 40.5 Å². The van der Waals surface area contributed by atoms with Crippen LogP contribution in [0.15, 0.2) is 22.8 Å². The number of rotatable bonds is 5. The monoisotopic (exact) mass is 340 g/mol. The molecule has 3 nitrogen and oxygen atoms in total. The van der Waals surface area contributed by atoms with Crippen LogP contribution < -0.4 is 0 Å². The summed E-state index contributed by atoms with van der Waals surface area (Å²) in [4.78, 5) is 0. The Labute approximate surface area is 124 Å². The van der Waals surface area contributed by atoms with Gasteiger partial charge >= 0.3 is 0 Å².